The summed E-state index contributed by atoms with van der Waals surface area (Å²) in [5.74, 6) is 1.74. The van der Waals surface area contributed by atoms with Crippen molar-refractivity contribution >= 4 is 23.4 Å². The number of nitrogens with zero attached hydrogens (tertiary/aromatic N) is 4. The molecular formula is C26H22ClN5O3. The van der Waals surface area contributed by atoms with Gasteiger partial charge in [-0.05, 0) is 54.1 Å². The lowest BCUT2D eigenvalue weighted by Crippen LogP contribution is -2.34. The van der Waals surface area contributed by atoms with E-state index in [1.807, 2.05) is 66.7 Å². The van der Waals surface area contributed by atoms with Gasteiger partial charge in [0.1, 0.15) is 23.8 Å². The Bertz CT molecular complexity index is 1340. The molecule has 0 saturated carbocycles. The first-order valence-electron chi connectivity index (χ1n) is 11.1. The van der Waals surface area contributed by atoms with E-state index >= 15 is 0 Å². The molecular weight excluding hydrogens is 466 g/mol. The predicted molar refractivity (Wildman–Crippen MR) is 132 cm³/mol. The van der Waals surface area contributed by atoms with E-state index in [1.54, 1.807) is 23.0 Å². The SMILES string of the molecule is O=C(NCc1cn(Cc2cccc(Oc3ccccc3)c2)nn1)C1COC(c2ccc(Cl)cc2)=N1. The summed E-state index contributed by atoms with van der Waals surface area (Å²) in [7, 11) is 0. The Morgan fingerprint density at radius 3 is 2.69 bits per heavy atom. The summed E-state index contributed by atoms with van der Waals surface area (Å²) >= 11 is 5.92. The molecule has 8 nitrogen and oxygen atoms in total. The number of carbonyl (C=O) groups excluding carboxylic acids is 1. The fourth-order valence-corrected chi connectivity index (χ4v) is 3.70. The number of benzene rings is 3. The molecule has 0 saturated heterocycles. The summed E-state index contributed by atoms with van der Waals surface area (Å²) < 4.78 is 13.2. The topological polar surface area (TPSA) is 90.6 Å². The third-order valence-electron chi connectivity index (χ3n) is 5.30. The molecule has 0 bridgehead atoms. The summed E-state index contributed by atoms with van der Waals surface area (Å²) in [5, 5.41) is 11.8. The van der Waals surface area contributed by atoms with Crippen molar-refractivity contribution < 1.29 is 14.3 Å². The van der Waals surface area contributed by atoms with Crippen molar-refractivity contribution in [1.29, 1.82) is 0 Å². The first-order chi connectivity index (χ1) is 17.1. The van der Waals surface area contributed by atoms with E-state index in [4.69, 9.17) is 21.1 Å². The van der Waals surface area contributed by atoms with Gasteiger partial charge < -0.3 is 14.8 Å². The minimum absolute atomic E-state index is 0.192. The van der Waals surface area contributed by atoms with Crippen LogP contribution >= 0.6 is 11.6 Å². The van der Waals surface area contributed by atoms with E-state index in [-0.39, 0.29) is 19.1 Å². The fourth-order valence-electron chi connectivity index (χ4n) is 3.57. The Hall–Kier alpha value is -4.17. The van der Waals surface area contributed by atoms with Gasteiger partial charge in [0.15, 0.2) is 6.04 Å². The molecule has 1 aromatic heterocycles. The molecule has 2 heterocycles. The molecule has 1 unspecified atom stereocenters. The maximum absolute atomic E-state index is 12.5. The number of para-hydroxylation sites is 1. The van der Waals surface area contributed by atoms with Gasteiger partial charge in [-0.25, -0.2) is 9.67 Å². The molecule has 0 radical (unpaired) electrons. The highest BCUT2D eigenvalue weighted by Crippen LogP contribution is 2.22. The van der Waals surface area contributed by atoms with Gasteiger partial charge in [-0.3, -0.25) is 4.79 Å². The molecule has 0 spiro atoms. The van der Waals surface area contributed by atoms with Crippen molar-refractivity contribution in [2.45, 2.75) is 19.1 Å². The van der Waals surface area contributed by atoms with E-state index in [2.05, 4.69) is 20.6 Å². The van der Waals surface area contributed by atoms with E-state index < -0.39 is 6.04 Å². The van der Waals surface area contributed by atoms with Gasteiger partial charge in [0.2, 0.25) is 11.8 Å². The van der Waals surface area contributed by atoms with Crippen molar-refractivity contribution in [2.24, 2.45) is 4.99 Å². The number of amides is 1. The molecule has 0 fully saturated rings. The van der Waals surface area contributed by atoms with E-state index in [0.717, 1.165) is 22.6 Å². The van der Waals surface area contributed by atoms with E-state index in [0.29, 0.717) is 23.2 Å². The summed E-state index contributed by atoms with van der Waals surface area (Å²) in [6.45, 7) is 0.967. The third-order valence-corrected chi connectivity index (χ3v) is 5.55. The van der Waals surface area contributed by atoms with Gasteiger partial charge in [-0.15, -0.1) is 5.10 Å². The Morgan fingerprint density at radius 2 is 1.86 bits per heavy atom. The second-order valence-electron chi connectivity index (χ2n) is 7.96. The first-order valence-corrected chi connectivity index (χ1v) is 11.5. The maximum atomic E-state index is 12.5. The molecule has 176 valence electrons. The zero-order chi connectivity index (χ0) is 24.0. The van der Waals surface area contributed by atoms with Crippen LogP contribution in [0.4, 0.5) is 0 Å². The lowest BCUT2D eigenvalue weighted by Gasteiger charge is -2.07. The number of rotatable bonds is 8. The van der Waals surface area contributed by atoms with Crippen molar-refractivity contribution in [2.75, 3.05) is 6.61 Å². The van der Waals surface area contributed by atoms with Crippen molar-refractivity contribution in [3.63, 3.8) is 0 Å². The lowest BCUT2D eigenvalue weighted by atomic mass is 10.2. The molecule has 1 atom stereocenters. The zero-order valence-corrected chi connectivity index (χ0v) is 19.4. The molecule has 9 heteroatoms. The van der Waals surface area contributed by atoms with Gasteiger partial charge in [0.05, 0.1) is 19.3 Å². The number of halogens is 1. The molecule has 4 aromatic rings. The standard InChI is InChI=1S/C26H22ClN5O3/c27-20-11-9-19(10-12-20)26-29-24(17-34-26)25(33)28-14-21-16-32(31-30-21)15-18-5-4-8-23(13-18)35-22-6-2-1-3-7-22/h1-13,16,24H,14-15,17H2,(H,28,33). The third kappa shape index (κ3) is 5.85. The molecule has 1 amide bonds. The quantitative estimate of drug-likeness (QED) is 0.401. The minimum Gasteiger partial charge on any atom is -0.475 e. The highest BCUT2D eigenvalue weighted by Gasteiger charge is 2.26. The van der Waals surface area contributed by atoms with Crippen LogP contribution in [0.5, 0.6) is 11.5 Å². The van der Waals surface area contributed by atoms with Gasteiger partial charge in [0, 0.05) is 10.6 Å². The largest absolute Gasteiger partial charge is 0.475 e. The number of hydrogen-bond acceptors (Lipinski definition) is 6. The van der Waals surface area contributed by atoms with Crippen LogP contribution in [-0.2, 0) is 22.6 Å². The number of hydrogen-bond donors (Lipinski definition) is 1. The average Bonchev–Trinajstić information content (AvgIpc) is 3.54. The zero-order valence-electron chi connectivity index (χ0n) is 18.7. The Labute approximate surface area is 207 Å². The Morgan fingerprint density at radius 1 is 1.06 bits per heavy atom. The average molecular weight is 488 g/mol. The lowest BCUT2D eigenvalue weighted by molar-refractivity contribution is -0.122. The molecule has 1 aliphatic rings. The van der Waals surface area contributed by atoms with Crippen molar-refractivity contribution in [3.8, 4) is 11.5 Å². The van der Waals surface area contributed by atoms with Crippen LogP contribution in [0.1, 0.15) is 16.8 Å². The molecule has 1 N–H and O–H groups in total. The summed E-state index contributed by atoms with van der Waals surface area (Å²) in [5.41, 5.74) is 2.45. The van der Waals surface area contributed by atoms with Crippen LogP contribution in [0.25, 0.3) is 0 Å². The van der Waals surface area contributed by atoms with E-state index in [1.165, 1.54) is 0 Å². The second kappa shape index (κ2) is 10.4. The molecule has 1 aliphatic heterocycles. The minimum atomic E-state index is -0.608. The van der Waals surface area contributed by atoms with Crippen molar-refractivity contribution in [1.82, 2.24) is 20.3 Å². The van der Waals surface area contributed by atoms with Gasteiger partial charge >= 0.3 is 0 Å². The van der Waals surface area contributed by atoms with Gasteiger partial charge in [-0.1, -0.05) is 47.1 Å². The van der Waals surface area contributed by atoms with Gasteiger partial charge in [0.25, 0.3) is 0 Å². The van der Waals surface area contributed by atoms with Gasteiger partial charge in [-0.2, -0.15) is 0 Å². The van der Waals surface area contributed by atoms with E-state index in [9.17, 15) is 4.79 Å². The smallest absolute Gasteiger partial charge is 0.248 e. The fraction of sp³-hybridized carbons (Fsp3) is 0.154. The summed E-state index contributed by atoms with van der Waals surface area (Å²) in [6.07, 6.45) is 1.80. The second-order valence-corrected chi connectivity index (χ2v) is 8.39. The predicted octanol–water partition coefficient (Wildman–Crippen LogP) is 4.23. The maximum Gasteiger partial charge on any atom is 0.248 e. The molecule has 35 heavy (non-hydrogen) atoms. The van der Waals surface area contributed by atoms with Crippen LogP contribution in [0.2, 0.25) is 5.02 Å². The van der Waals surface area contributed by atoms with Crippen LogP contribution in [0.3, 0.4) is 0 Å². The summed E-state index contributed by atoms with van der Waals surface area (Å²) in [4.78, 5) is 16.9. The Balaban J connectivity index is 1.15. The highest BCUT2D eigenvalue weighted by molar-refractivity contribution is 6.30. The monoisotopic (exact) mass is 487 g/mol. The molecule has 5 rings (SSSR count). The molecule has 3 aromatic carbocycles. The number of nitrogens with one attached hydrogen (secondary N) is 1. The van der Waals surface area contributed by atoms with Crippen LogP contribution in [0.15, 0.2) is 90.1 Å². The summed E-state index contributed by atoms with van der Waals surface area (Å²) in [6, 6.07) is 24.0. The number of ether oxygens (including phenoxy) is 2. The number of aromatic nitrogens is 3. The normalized spacial score (nSPS) is 14.8. The van der Waals surface area contributed by atoms with Crippen molar-refractivity contribution in [3.05, 3.63) is 107 Å². The molecule has 0 aliphatic carbocycles. The highest BCUT2D eigenvalue weighted by atomic mass is 35.5. The Kier molecular flexibility index (Phi) is 6.72. The van der Waals surface area contributed by atoms with Crippen LogP contribution in [0, 0.1) is 0 Å². The van der Waals surface area contributed by atoms with Crippen LogP contribution < -0.4 is 10.1 Å². The number of carbonyl (C=O) groups is 1. The first kappa shape index (κ1) is 22.6. The number of aliphatic imine (C=N–C) groups is 1. The van der Waals surface area contributed by atoms with Crippen LogP contribution in [-0.4, -0.2) is 39.4 Å².